The molecule has 0 atom stereocenters. The van der Waals surface area contributed by atoms with Crippen molar-refractivity contribution < 1.29 is 9.53 Å². The lowest BCUT2D eigenvalue weighted by atomic mass is 9.87. The van der Waals surface area contributed by atoms with Gasteiger partial charge in [0.25, 0.3) is 5.91 Å². The van der Waals surface area contributed by atoms with E-state index in [1.165, 1.54) is 4.57 Å². The Hall–Kier alpha value is -3.94. The first-order valence-corrected chi connectivity index (χ1v) is 10.4. The summed E-state index contributed by atoms with van der Waals surface area (Å²) < 4.78 is 7.12. The van der Waals surface area contributed by atoms with E-state index in [1.807, 2.05) is 43.3 Å². The number of nitrogens with zero attached hydrogens (tertiary/aromatic N) is 3. The molecule has 0 aliphatic rings. The van der Waals surface area contributed by atoms with Crippen LogP contribution in [0.4, 0.5) is 0 Å². The number of ether oxygens (including phenoxy) is 1. The minimum Gasteiger partial charge on any atom is -0.493 e. The number of fused-ring (bicyclic) bond motifs is 1. The van der Waals surface area contributed by atoms with Crippen LogP contribution in [0.1, 0.15) is 43.7 Å². The van der Waals surface area contributed by atoms with Crippen molar-refractivity contribution in [2.75, 3.05) is 6.61 Å². The topological polar surface area (TPSA) is 116 Å². The third-order valence-electron chi connectivity index (χ3n) is 5.19. The van der Waals surface area contributed by atoms with Crippen molar-refractivity contribution in [1.29, 1.82) is 0 Å². The normalized spacial score (nSPS) is 11.6. The number of nitrogens with two attached hydrogens (primary N) is 1. The summed E-state index contributed by atoms with van der Waals surface area (Å²) in [5, 5.41) is 0. The lowest BCUT2D eigenvalue weighted by Gasteiger charge is -2.19. The molecular formula is C24H25N5O3. The van der Waals surface area contributed by atoms with Crippen LogP contribution < -0.4 is 16.2 Å². The number of carbonyl (C=O) groups is 1. The summed E-state index contributed by atoms with van der Waals surface area (Å²) >= 11 is 0. The minimum absolute atomic E-state index is 0.0266. The van der Waals surface area contributed by atoms with Crippen LogP contribution in [0.25, 0.3) is 28.2 Å². The molecule has 164 valence electrons. The Morgan fingerprint density at radius 2 is 1.78 bits per heavy atom. The molecule has 0 aliphatic carbocycles. The maximum atomic E-state index is 12.9. The zero-order valence-electron chi connectivity index (χ0n) is 18.5. The number of H-pyrrole nitrogens is 1. The van der Waals surface area contributed by atoms with Crippen LogP contribution in [-0.4, -0.2) is 32.0 Å². The second-order valence-electron chi connectivity index (χ2n) is 8.45. The third-order valence-corrected chi connectivity index (χ3v) is 5.19. The number of carbonyl (C=O) groups excluding carboxylic acids is 1. The van der Waals surface area contributed by atoms with Gasteiger partial charge in [0.15, 0.2) is 17.2 Å². The van der Waals surface area contributed by atoms with Crippen LogP contribution in [0.2, 0.25) is 0 Å². The Morgan fingerprint density at radius 1 is 1.09 bits per heavy atom. The van der Waals surface area contributed by atoms with Gasteiger partial charge in [-0.25, -0.2) is 19.3 Å². The zero-order valence-corrected chi connectivity index (χ0v) is 18.5. The molecule has 32 heavy (non-hydrogen) atoms. The summed E-state index contributed by atoms with van der Waals surface area (Å²) in [5.74, 6) is 0.0576. The van der Waals surface area contributed by atoms with E-state index < -0.39 is 11.6 Å². The maximum absolute atomic E-state index is 12.9. The largest absolute Gasteiger partial charge is 0.493 e. The number of imidazole rings is 1. The molecule has 4 aromatic rings. The summed E-state index contributed by atoms with van der Waals surface area (Å²) in [6, 6.07) is 14.9. The quantitative estimate of drug-likeness (QED) is 0.501. The van der Waals surface area contributed by atoms with Crippen molar-refractivity contribution in [3.05, 3.63) is 70.3 Å². The van der Waals surface area contributed by atoms with E-state index in [4.69, 9.17) is 10.5 Å². The fourth-order valence-electron chi connectivity index (χ4n) is 3.57. The number of aromatic amines is 1. The molecule has 0 spiro atoms. The number of rotatable bonds is 5. The van der Waals surface area contributed by atoms with E-state index in [9.17, 15) is 9.59 Å². The van der Waals surface area contributed by atoms with Gasteiger partial charge >= 0.3 is 5.69 Å². The smallest absolute Gasteiger partial charge is 0.332 e. The first-order chi connectivity index (χ1) is 15.2. The number of hydrogen-bond acceptors (Lipinski definition) is 5. The molecule has 2 aromatic heterocycles. The second-order valence-corrected chi connectivity index (χ2v) is 8.45. The fraction of sp³-hybridized carbons (Fsp3) is 0.250. The van der Waals surface area contributed by atoms with Gasteiger partial charge in [-0.05, 0) is 42.2 Å². The molecule has 0 fully saturated rings. The highest BCUT2D eigenvalue weighted by atomic mass is 16.5. The molecular weight excluding hydrogens is 406 g/mol. The van der Waals surface area contributed by atoms with Gasteiger partial charge in [-0.3, -0.25) is 4.79 Å². The van der Waals surface area contributed by atoms with Crippen LogP contribution >= 0.6 is 0 Å². The average molecular weight is 431 g/mol. The molecule has 1 amide bonds. The number of amides is 1. The number of para-hydroxylation sites is 1. The van der Waals surface area contributed by atoms with Crippen LogP contribution in [0, 0.1) is 0 Å². The van der Waals surface area contributed by atoms with Gasteiger partial charge in [-0.1, -0.05) is 45.0 Å². The minimum atomic E-state index is -0.760. The van der Waals surface area contributed by atoms with Crippen molar-refractivity contribution in [3.8, 4) is 22.8 Å². The van der Waals surface area contributed by atoms with Crippen LogP contribution in [0.5, 0.6) is 5.75 Å². The summed E-state index contributed by atoms with van der Waals surface area (Å²) in [5.41, 5.74) is 7.89. The molecule has 3 N–H and O–H groups in total. The van der Waals surface area contributed by atoms with E-state index in [-0.39, 0.29) is 28.1 Å². The highest BCUT2D eigenvalue weighted by Gasteiger charge is 2.22. The van der Waals surface area contributed by atoms with Crippen LogP contribution in [-0.2, 0) is 5.41 Å². The molecule has 0 saturated heterocycles. The highest BCUT2D eigenvalue weighted by molar-refractivity contribution is 6.02. The van der Waals surface area contributed by atoms with Gasteiger partial charge in [0, 0.05) is 0 Å². The van der Waals surface area contributed by atoms with Crippen molar-refractivity contribution in [1.82, 2.24) is 19.5 Å². The van der Waals surface area contributed by atoms with E-state index in [2.05, 4.69) is 35.7 Å². The number of benzene rings is 2. The van der Waals surface area contributed by atoms with E-state index in [0.717, 1.165) is 5.56 Å². The summed E-state index contributed by atoms with van der Waals surface area (Å²) in [6.45, 7) is 8.69. The Kier molecular flexibility index (Phi) is 5.30. The van der Waals surface area contributed by atoms with Gasteiger partial charge in [0.2, 0.25) is 0 Å². The van der Waals surface area contributed by atoms with Crippen LogP contribution in [0.15, 0.2) is 53.3 Å². The number of aromatic nitrogens is 4. The lowest BCUT2D eigenvalue weighted by Crippen LogP contribution is -2.16. The molecule has 2 aromatic carbocycles. The predicted octanol–water partition coefficient (Wildman–Crippen LogP) is 3.57. The van der Waals surface area contributed by atoms with Crippen molar-refractivity contribution in [2.24, 2.45) is 5.73 Å². The van der Waals surface area contributed by atoms with Gasteiger partial charge in [-0.2, -0.15) is 0 Å². The molecule has 4 rings (SSSR count). The van der Waals surface area contributed by atoms with Gasteiger partial charge < -0.3 is 15.5 Å². The molecule has 8 nitrogen and oxygen atoms in total. The van der Waals surface area contributed by atoms with Crippen molar-refractivity contribution in [2.45, 2.75) is 33.1 Å². The predicted molar refractivity (Wildman–Crippen MR) is 123 cm³/mol. The molecule has 0 bridgehead atoms. The van der Waals surface area contributed by atoms with E-state index in [0.29, 0.717) is 23.6 Å². The second kappa shape index (κ2) is 7.96. The highest BCUT2D eigenvalue weighted by Crippen LogP contribution is 2.30. The Labute approximate surface area is 185 Å². The average Bonchev–Trinajstić information content (AvgIpc) is 3.08. The number of nitrogens with one attached hydrogen (secondary N) is 1. The van der Waals surface area contributed by atoms with Gasteiger partial charge in [0.05, 0.1) is 17.9 Å². The molecule has 2 heterocycles. The Bertz CT molecular complexity index is 1360. The van der Waals surface area contributed by atoms with E-state index in [1.54, 1.807) is 12.1 Å². The van der Waals surface area contributed by atoms with Crippen molar-refractivity contribution in [3.63, 3.8) is 0 Å². The lowest BCUT2D eigenvalue weighted by molar-refractivity contribution is 0.0997. The SMILES string of the molecule is CCOc1ccccc1-c1nc(C(N)=O)c2[nH]c(=O)n(-c3ccc(C(C)(C)C)cc3)c2n1. The molecule has 0 unspecified atom stereocenters. The summed E-state index contributed by atoms with van der Waals surface area (Å²) in [4.78, 5) is 36.7. The molecule has 8 heteroatoms. The van der Waals surface area contributed by atoms with Crippen molar-refractivity contribution >= 4 is 17.1 Å². The number of primary amides is 1. The summed E-state index contributed by atoms with van der Waals surface area (Å²) in [6.07, 6.45) is 0. The van der Waals surface area contributed by atoms with Gasteiger partial charge in [0.1, 0.15) is 11.3 Å². The Morgan fingerprint density at radius 3 is 2.41 bits per heavy atom. The fourth-order valence-corrected chi connectivity index (χ4v) is 3.57. The zero-order chi connectivity index (χ0) is 23.0. The first kappa shape index (κ1) is 21.3. The summed E-state index contributed by atoms with van der Waals surface area (Å²) in [7, 11) is 0. The molecule has 0 aliphatic heterocycles. The number of hydrogen-bond donors (Lipinski definition) is 2. The monoisotopic (exact) mass is 431 g/mol. The Balaban J connectivity index is 1.98. The first-order valence-electron chi connectivity index (χ1n) is 10.4. The van der Waals surface area contributed by atoms with Gasteiger partial charge in [-0.15, -0.1) is 0 Å². The van der Waals surface area contributed by atoms with E-state index >= 15 is 0 Å². The maximum Gasteiger partial charge on any atom is 0.332 e. The third kappa shape index (κ3) is 3.75. The molecule has 0 saturated carbocycles. The van der Waals surface area contributed by atoms with Crippen LogP contribution in [0.3, 0.4) is 0 Å². The molecule has 0 radical (unpaired) electrons. The standard InChI is InChI=1S/C24H25N5O3/c1-5-32-17-9-7-6-8-16(17)21-26-18(20(25)30)19-22(28-21)29(23(31)27-19)15-12-10-14(11-13-15)24(2,3)4/h6-13H,5H2,1-4H3,(H2,25,30)(H,27,31).